The summed E-state index contributed by atoms with van der Waals surface area (Å²) in [6.07, 6.45) is 0.829. The van der Waals surface area contributed by atoms with Crippen LogP contribution in [0.25, 0.3) is 10.9 Å². The molecule has 0 unspecified atom stereocenters. The van der Waals surface area contributed by atoms with Gasteiger partial charge in [0.2, 0.25) is 0 Å². The SMILES string of the molecule is CC1(C)COCC[C@@H]1Nc1c(C(N)=O)nnc2ccc(Cl)cc12. The van der Waals surface area contributed by atoms with Gasteiger partial charge >= 0.3 is 0 Å². The fourth-order valence-corrected chi connectivity index (χ4v) is 3.04. The molecule has 2 heterocycles. The summed E-state index contributed by atoms with van der Waals surface area (Å²) < 4.78 is 5.56. The van der Waals surface area contributed by atoms with Crippen molar-refractivity contribution in [1.29, 1.82) is 0 Å². The molecule has 1 amide bonds. The largest absolute Gasteiger partial charge is 0.381 e. The second-order valence-corrected chi connectivity index (χ2v) is 6.91. The number of ether oxygens (including phenoxy) is 1. The molecule has 3 N–H and O–H groups in total. The van der Waals surface area contributed by atoms with Crippen LogP contribution in [0.5, 0.6) is 0 Å². The van der Waals surface area contributed by atoms with Crippen LogP contribution in [0.3, 0.4) is 0 Å². The number of hydrogen-bond donors (Lipinski definition) is 2. The van der Waals surface area contributed by atoms with Crippen LogP contribution in [0.2, 0.25) is 5.02 Å². The fraction of sp³-hybridized carbons (Fsp3) is 0.438. The Balaban J connectivity index is 2.11. The molecule has 1 fully saturated rings. The van der Waals surface area contributed by atoms with Crippen molar-refractivity contribution >= 4 is 34.1 Å². The first-order chi connectivity index (χ1) is 10.9. The van der Waals surface area contributed by atoms with E-state index in [1.54, 1.807) is 18.2 Å². The Morgan fingerprint density at radius 3 is 2.91 bits per heavy atom. The molecule has 3 rings (SSSR count). The van der Waals surface area contributed by atoms with Gasteiger partial charge in [-0.05, 0) is 24.6 Å². The van der Waals surface area contributed by atoms with E-state index < -0.39 is 5.91 Å². The summed E-state index contributed by atoms with van der Waals surface area (Å²) in [5, 5.41) is 12.8. The number of halogens is 1. The standard InChI is InChI=1S/C16H19ClN4O2/c1-16(2)8-23-6-5-12(16)19-13-10-7-9(17)3-4-11(10)20-21-14(13)15(18)22/h3-4,7,12H,5-6,8H2,1-2H3,(H2,18,22)(H,19,20)/t12-/m0/s1. The Morgan fingerprint density at radius 1 is 1.43 bits per heavy atom. The average molecular weight is 335 g/mol. The van der Waals surface area contributed by atoms with Crippen LogP contribution in [0.1, 0.15) is 30.8 Å². The smallest absolute Gasteiger partial charge is 0.271 e. The number of hydrogen-bond acceptors (Lipinski definition) is 5. The molecule has 0 bridgehead atoms. The van der Waals surface area contributed by atoms with Crippen LogP contribution in [-0.4, -0.2) is 35.4 Å². The number of anilines is 1. The lowest BCUT2D eigenvalue weighted by molar-refractivity contribution is 0.00348. The second kappa shape index (κ2) is 5.94. The van der Waals surface area contributed by atoms with Crippen molar-refractivity contribution in [2.45, 2.75) is 26.3 Å². The van der Waals surface area contributed by atoms with Crippen molar-refractivity contribution < 1.29 is 9.53 Å². The van der Waals surface area contributed by atoms with E-state index in [-0.39, 0.29) is 17.2 Å². The monoisotopic (exact) mass is 334 g/mol. The fourth-order valence-electron chi connectivity index (χ4n) is 2.87. The summed E-state index contributed by atoms with van der Waals surface area (Å²) in [6.45, 7) is 5.56. The zero-order chi connectivity index (χ0) is 16.6. The lowest BCUT2D eigenvalue weighted by Gasteiger charge is -2.39. The molecular weight excluding hydrogens is 316 g/mol. The molecule has 1 atom stereocenters. The third-order valence-electron chi connectivity index (χ3n) is 4.24. The third-order valence-corrected chi connectivity index (χ3v) is 4.48. The normalized spacial score (nSPS) is 20.4. The summed E-state index contributed by atoms with van der Waals surface area (Å²) in [4.78, 5) is 11.8. The van der Waals surface area contributed by atoms with Gasteiger partial charge in [-0.15, -0.1) is 10.2 Å². The molecule has 2 aromatic rings. The van der Waals surface area contributed by atoms with Crippen LogP contribution in [-0.2, 0) is 4.74 Å². The summed E-state index contributed by atoms with van der Waals surface area (Å²) >= 11 is 6.11. The van der Waals surface area contributed by atoms with Crippen molar-refractivity contribution in [1.82, 2.24) is 10.2 Å². The summed E-state index contributed by atoms with van der Waals surface area (Å²) in [5.74, 6) is -0.619. The number of nitrogens with one attached hydrogen (secondary N) is 1. The van der Waals surface area contributed by atoms with Gasteiger partial charge in [-0.2, -0.15) is 0 Å². The van der Waals surface area contributed by atoms with Crippen LogP contribution >= 0.6 is 11.6 Å². The number of aromatic nitrogens is 2. The first-order valence-electron chi connectivity index (χ1n) is 7.48. The molecule has 1 aromatic carbocycles. The van der Waals surface area contributed by atoms with E-state index >= 15 is 0 Å². The number of rotatable bonds is 3. The Kier molecular flexibility index (Phi) is 4.12. The molecule has 1 aliphatic heterocycles. The van der Waals surface area contributed by atoms with Crippen LogP contribution in [0, 0.1) is 5.41 Å². The Labute approximate surface area is 139 Å². The number of fused-ring (bicyclic) bond motifs is 1. The highest BCUT2D eigenvalue weighted by atomic mass is 35.5. The topological polar surface area (TPSA) is 90.1 Å². The first kappa shape index (κ1) is 16.0. The van der Waals surface area contributed by atoms with Crippen LogP contribution in [0.4, 0.5) is 5.69 Å². The number of amides is 1. The van der Waals surface area contributed by atoms with Gasteiger partial charge in [0.15, 0.2) is 5.69 Å². The summed E-state index contributed by atoms with van der Waals surface area (Å²) in [5.41, 5.74) is 6.77. The molecule has 6 nitrogen and oxygen atoms in total. The highest BCUT2D eigenvalue weighted by Crippen LogP contribution is 2.34. The van der Waals surface area contributed by atoms with Crippen molar-refractivity contribution in [2.75, 3.05) is 18.5 Å². The lowest BCUT2D eigenvalue weighted by Crippen LogP contribution is -2.44. The molecule has 23 heavy (non-hydrogen) atoms. The molecule has 0 radical (unpaired) electrons. The highest BCUT2D eigenvalue weighted by molar-refractivity contribution is 6.31. The number of nitrogens with two attached hydrogens (primary N) is 1. The summed E-state index contributed by atoms with van der Waals surface area (Å²) in [6, 6.07) is 5.41. The predicted molar refractivity (Wildman–Crippen MR) is 89.7 cm³/mol. The zero-order valence-corrected chi connectivity index (χ0v) is 13.9. The van der Waals surface area contributed by atoms with E-state index in [0.717, 1.165) is 11.8 Å². The van der Waals surface area contributed by atoms with Gasteiger partial charge in [0, 0.05) is 28.5 Å². The Bertz CT molecular complexity index is 763. The quantitative estimate of drug-likeness (QED) is 0.900. The third kappa shape index (κ3) is 3.09. The molecular formula is C16H19ClN4O2. The first-order valence-corrected chi connectivity index (χ1v) is 7.86. The number of nitrogens with zero attached hydrogens (tertiary/aromatic N) is 2. The van der Waals surface area contributed by atoms with E-state index in [1.165, 1.54) is 0 Å². The molecule has 0 spiro atoms. The number of carbonyl (C=O) groups is 1. The molecule has 0 saturated carbocycles. The van der Waals surface area contributed by atoms with E-state index in [4.69, 9.17) is 22.1 Å². The van der Waals surface area contributed by atoms with E-state index in [9.17, 15) is 4.79 Å². The minimum absolute atomic E-state index is 0.0820. The number of carbonyl (C=O) groups excluding carboxylic acids is 1. The number of primary amides is 1. The number of benzene rings is 1. The Hall–Kier alpha value is -1.92. The maximum Gasteiger partial charge on any atom is 0.271 e. The molecule has 122 valence electrons. The second-order valence-electron chi connectivity index (χ2n) is 6.48. The van der Waals surface area contributed by atoms with Gasteiger partial charge < -0.3 is 15.8 Å². The van der Waals surface area contributed by atoms with Crippen molar-refractivity contribution in [2.24, 2.45) is 11.1 Å². The van der Waals surface area contributed by atoms with Gasteiger partial charge in [-0.3, -0.25) is 4.79 Å². The molecule has 1 aliphatic rings. The zero-order valence-electron chi connectivity index (χ0n) is 13.1. The average Bonchev–Trinajstić information content (AvgIpc) is 2.49. The molecule has 1 aromatic heterocycles. The molecule has 1 saturated heterocycles. The van der Waals surface area contributed by atoms with Gasteiger partial charge in [-0.1, -0.05) is 25.4 Å². The lowest BCUT2D eigenvalue weighted by atomic mass is 9.81. The maximum atomic E-state index is 11.8. The van der Waals surface area contributed by atoms with Crippen LogP contribution in [0.15, 0.2) is 18.2 Å². The van der Waals surface area contributed by atoms with Crippen molar-refractivity contribution in [3.63, 3.8) is 0 Å². The van der Waals surface area contributed by atoms with E-state index in [2.05, 4.69) is 29.4 Å². The van der Waals surface area contributed by atoms with Crippen LogP contribution < -0.4 is 11.1 Å². The van der Waals surface area contributed by atoms with Gasteiger partial charge in [0.25, 0.3) is 5.91 Å². The minimum Gasteiger partial charge on any atom is -0.381 e. The Morgan fingerprint density at radius 2 is 2.22 bits per heavy atom. The minimum atomic E-state index is -0.619. The van der Waals surface area contributed by atoms with E-state index in [1.807, 2.05) is 0 Å². The van der Waals surface area contributed by atoms with Gasteiger partial charge in [-0.25, -0.2) is 0 Å². The molecule has 7 heteroatoms. The molecule has 0 aliphatic carbocycles. The van der Waals surface area contributed by atoms with Crippen molar-refractivity contribution in [3.05, 3.63) is 28.9 Å². The maximum absolute atomic E-state index is 11.8. The van der Waals surface area contributed by atoms with Gasteiger partial charge in [0.1, 0.15) is 0 Å². The predicted octanol–water partition coefficient (Wildman–Crippen LogP) is 2.61. The van der Waals surface area contributed by atoms with Gasteiger partial charge in [0.05, 0.1) is 17.8 Å². The summed E-state index contributed by atoms with van der Waals surface area (Å²) in [7, 11) is 0. The van der Waals surface area contributed by atoms with Crippen molar-refractivity contribution in [3.8, 4) is 0 Å². The highest BCUT2D eigenvalue weighted by Gasteiger charge is 2.34. The van der Waals surface area contributed by atoms with E-state index in [0.29, 0.717) is 29.4 Å².